The highest BCUT2D eigenvalue weighted by atomic mass is 31.2. The molecule has 3 rings (SSSR count). The van der Waals surface area contributed by atoms with Gasteiger partial charge in [0.2, 0.25) is 0 Å². The monoisotopic (exact) mass is 454 g/mol. The Morgan fingerprint density at radius 3 is 2.25 bits per heavy atom. The molecule has 32 heavy (non-hydrogen) atoms. The Kier molecular flexibility index (Phi) is 8.14. The number of hydrogen-bond donors (Lipinski definition) is 2. The van der Waals surface area contributed by atoms with Crippen LogP contribution in [0.25, 0.3) is 0 Å². The van der Waals surface area contributed by atoms with Crippen LogP contribution in [0.5, 0.6) is 11.5 Å². The van der Waals surface area contributed by atoms with Gasteiger partial charge in [-0.25, -0.2) is 0 Å². The zero-order valence-electron chi connectivity index (χ0n) is 18.9. The Labute approximate surface area is 190 Å². The Hall–Kier alpha value is -2.59. The first-order valence-corrected chi connectivity index (χ1v) is 12.6. The molecule has 0 aromatic heterocycles. The maximum atomic E-state index is 12.0. The van der Waals surface area contributed by atoms with E-state index in [4.69, 9.17) is 9.26 Å². The fourth-order valence-electron chi connectivity index (χ4n) is 3.65. The van der Waals surface area contributed by atoms with Crippen molar-refractivity contribution in [3.8, 4) is 11.5 Å². The first-order valence-electron chi connectivity index (χ1n) is 10.8. The van der Waals surface area contributed by atoms with Crippen molar-refractivity contribution in [2.75, 3.05) is 13.0 Å². The number of phenolic OH excluding ortho intramolecular Hbond substituents is 1. The lowest BCUT2D eigenvalue weighted by Gasteiger charge is -2.16. The minimum absolute atomic E-state index is 0.229. The second-order valence-corrected chi connectivity index (χ2v) is 9.87. The van der Waals surface area contributed by atoms with Crippen molar-refractivity contribution in [1.29, 1.82) is 0 Å². The summed E-state index contributed by atoms with van der Waals surface area (Å²) in [5.41, 5.74) is 6.41. The van der Waals surface area contributed by atoms with E-state index in [1.807, 2.05) is 57.2 Å². The summed E-state index contributed by atoms with van der Waals surface area (Å²) in [6.45, 7) is 6.12. The zero-order valence-corrected chi connectivity index (χ0v) is 19.8. The van der Waals surface area contributed by atoms with Crippen molar-refractivity contribution in [1.82, 2.24) is 0 Å². The van der Waals surface area contributed by atoms with E-state index in [9.17, 15) is 14.6 Å². The maximum Gasteiger partial charge on any atom is 0.365 e. The molecule has 0 bridgehead atoms. The van der Waals surface area contributed by atoms with Crippen LogP contribution < -0.4 is 4.74 Å². The molecule has 3 aromatic carbocycles. The molecule has 0 radical (unpaired) electrons. The fraction of sp³-hybridized carbons (Fsp3) is 0.308. The topological polar surface area (TPSA) is 76.0 Å². The van der Waals surface area contributed by atoms with Gasteiger partial charge in [-0.15, -0.1) is 0 Å². The van der Waals surface area contributed by atoms with Gasteiger partial charge in [0.15, 0.2) is 6.35 Å². The van der Waals surface area contributed by atoms with Crippen LogP contribution in [0.4, 0.5) is 0 Å². The summed E-state index contributed by atoms with van der Waals surface area (Å²) in [6.07, 6.45) is 1.69. The number of aryl methyl sites for hydroxylation is 2. The SMILES string of the molecule is CCCOP(=O)(O)COc1cc(C)c(Cc2ccc(O)c(Cc3ccccc3)c2)c(C)c1. The summed E-state index contributed by atoms with van der Waals surface area (Å²) >= 11 is 0. The highest BCUT2D eigenvalue weighted by Crippen LogP contribution is 2.42. The minimum Gasteiger partial charge on any atom is -0.508 e. The van der Waals surface area contributed by atoms with Gasteiger partial charge >= 0.3 is 7.60 Å². The summed E-state index contributed by atoms with van der Waals surface area (Å²) in [4.78, 5) is 9.84. The van der Waals surface area contributed by atoms with Crippen molar-refractivity contribution in [2.24, 2.45) is 0 Å². The molecule has 0 heterocycles. The third-order valence-corrected chi connectivity index (χ3v) is 6.36. The van der Waals surface area contributed by atoms with Crippen molar-refractivity contribution in [3.63, 3.8) is 0 Å². The second kappa shape index (κ2) is 10.8. The van der Waals surface area contributed by atoms with Gasteiger partial charge in [-0.05, 0) is 78.3 Å². The lowest BCUT2D eigenvalue weighted by atomic mass is 9.93. The van der Waals surface area contributed by atoms with Crippen molar-refractivity contribution >= 4 is 7.60 Å². The van der Waals surface area contributed by atoms with Crippen molar-refractivity contribution in [3.05, 3.63) is 94.0 Å². The molecule has 1 unspecified atom stereocenters. The van der Waals surface area contributed by atoms with Gasteiger partial charge in [0.1, 0.15) is 11.5 Å². The molecule has 0 amide bonds. The molecule has 0 fully saturated rings. The molecular weight excluding hydrogens is 423 g/mol. The van der Waals surface area contributed by atoms with Gasteiger partial charge in [0.25, 0.3) is 0 Å². The molecule has 0 saturated carbocycles. The predicted molar refractivity (Wildman–Crippen MR) is 128 cm³/mol. The van der Waals surface area contributed by atoms with Crippen LogP contribution in [0.15, 0.2) is 60.7 Å². The van der Waals surface area contributed by atoms with Gasteiger partial charge in [-0.1, -0.05) is 49.4 Å². The normalized spacial score (nSPS) is 13.0. The van der Waals surface area contributed by atoms with E-state index in [0.717, 1.165) is 34.2 Å². The number of benzene rings is 3. The number of ether oxygens (including phenoxy) is 1. The number of rotatable bonds is 10. The van der Waals surface area contributed by atoms with Gasteiger partial charge in [0.05, 0.1) is 6.61 Å². The summed E-state index contributed by atoms with van der Waals surface area (Å²) in [7, 11) is -3.76. The van der Waals surface area contributed by atoms with Gasteiger partial charge in [-0.2, -0.15) is 0 Å². The molecule has 0 aliphatic carbocycles. The Morgan fingerprint density at radius 1 is 0.906 bits per heavy atom. The summed E-state index contributed by atoms with van der Waals surface area (Å²) in [5, 5.41) is 10.3. The van der Waals surface area contributed by atoms with Crippen LogP contribution >= 0.6 is 7.60 Å². The Balaban J connectivity index is 1.74. The average molecular weight is 455 g/mol. The van der Waals surface area contributed by atoms with Crippen LogP contribution in [0.1, 0.15) is 46.7 Å². The van der Waals surface area contributed by atoms with Gasteiger partial charge < -0.3 is 19.3 Å². The fourth-order valence-corrected chi connectivity index (χ4v) is 4.51. The first-order chi connectivity index (χ1) is 15.3. The van der Waals surface area contributed by atoms with E-state index in [1.165, 1.54) is 5.56 Å². The largest absolute Gasteiger partial charge is 0.508 e. The molecule has 170 valence electrons. The molecule has 6 heteroatoms. The van der Waals surface area contributed by atoms with Crippen LogP contribution in [-0.4, -0.2) is 23.0 Å². The lowest BCUT2D eigenvalue weighted by molar-refractivity contribution is 0.231. The van der Waals surface area contributed by atoms with E-state index >= 15 is 0 Å². The first kappa shape index (κ1) is 24.1. The molecule has 0 aliphatic heterocycles. The third kappa shape index (κ3) is 6.70. The van der Waals surface area contributed by atoms with Crippen LogP contribution in [-0.2, 0) is 21.9 Å². The predicted octanol–water partition coefficient (Wildman–Crippen LogP) is 6.14. The number of aromatic hydroxyl groups is 1. The minimum atomic E-state index is -3.76. The van der Waals surface area contributed by atoms with Crippen molar-refractivity contribution < 1.29 is 23.8 Å². The number of phenols is 1. The molecule has 3 aromatic rings. The summed E-state index contributed by atoms with van der Waals surface area (Å²) in [5.74, 6) is 0.849. The van der Waals surface area contributed by atoms with E-state index in [-0.39, 0.29) is 13.0 Å². The number of hydrogen-bond acceptors (Lipinski definition) is 4. The molecule has 1 atom stereocenters. The van der Waals surface area contributed by atoms with Gasteiger partial charge in [0, 0.05) is 6.42 Å². The molecule has 0 spiro atoms. The zero-order chi connectivity index (χ0) is 23.1. The molecule has 2 N–H and O–H groups in total. The van der Waals surface area contributed by atoms with Gasteiger partial charge in [-0.3, -0.25) is 4.57 Å². The highest BCUT2D eigenvalue weighted by Gasteiger charge is 2.20. The van der Waals surface area contributed by atoms with E-state index in [0.29, 0.717) is 24.3 Å². The van der Waals surface area contributed by atoms with Crippen LogP contribution in [0.3, 0.4) is 0 Å². The van der Waals surface area contributed by atoms with Crippen LogP contribution in [0.2, 0.25) is 0 Å². The van der Waals surface area contributed by atoms with E-state index < -0.39 is 7.60 Å². The Bertz CT molecular complexity index is 1070. The quantitative estimate of drug-likeness (QED) is 0.360. The molecule has 5 nitrogen and oxygen atoms in total. The average Bonchev–Trinajstić information content (AvgIpc) is 2.76. The third-order valence-electron chi connectivity index (χ3n) is 5.32. The maximum absolute atomic E-state index is 12.0. The molecule has 0 saturated heterocycles. The lowest BCUT2D eigenvalue weighted by Crippen LogP contribution is -2.04. The van der Waals surface area contributed by atoms with E-state index in [1.54, 1.807) is 6.07 Å². The summed E-state index contributed by atoms with van der Waals surface area (Å²) < 4.78 is 22.6. The second-order valence-electron chi connectivity index (χ2n) is 8.08. The molecule has 0 aliphatic rings. The molecular formula is C26H31O5P. The smallest absolute Gasteiger partial charge is 0.365 e. The highest BCUT2D eigenvalue weighted by molar-refractivity contribution is 7.52. The van der Waals surface area contributed by atoms with E-state index in [2.05, 4.69) is 18.2 Å². The van der Waals surface area contributed by atoms with Crippen LogP contribution in [0, 0.1) is 13.8 Å². The summed E-state index contributed by atoms with van der Waals surface area (Å²) in [6, 6.07) is 19.6. The van der Waals surface area contributed by atoms with Crippen molar-refractivity contribution in [2.45, 2.75) is 40.0 Å². The Morgan fingerprint density at radius 2 is 1.59 bits per heavy atom. The standard InChI is InChI=1S/C26H31O5P/c1-4-12-31-32(28,29)18-30-24-13-19(2)25(20(3)14-24)17-22-10-11-26(27)23(16-22)15-21-8-6-5-7-9-21/h5-11,13-14,16,27H,4,12,15,17-18H2,1-3H3,(H,28,29).